The van der Waals surface area contributed by atoms with E-state index in [-0.39, 0.29) is 18.9 Å². The number of H-pyrrole nitrogens is 1. The molecule has 0 saturated heterocycles. The highest BCUT2D eigenvalue weighted by Gasteiger charge is 2.20. The summed E-state index contributed by atoms with van der Waals surface area (Å²) in [6.07, 6.45) is 11.8. The lowest BCUT2D eigenvalue weighted by atomic mass is 10.1. The molecule has 7 heteroatoms. The van der Waals surface area contributed by atoms with Gasteiger partial charge in [0, 0.05) is 18.3 Å². The molecule has 7 nitrogen and oxygen atoms in total. The molecule has 136 valence electrons. The molecule has 0 aliphatic heterocycles. The van der Waals surface area contributed by atoms with Gasteiger partial charge in [0.1, 0.15) is 6.04 Å². The fraction of sp³-hybridized carbons (Fsp3) is 0.706. The number of carboxylic acids is 1. The van der Waals surface area contributed by atoms with Crippen molar-refractivity contribution in [2.24, 2.45) is 0 Å². The Balaban J connectivity index is 2.10. The average Bonchev–Trinajstić information content (AvgIpc) is 3.05. The zero-order valence-electron chi connectivity index (χ0n) is 14.5. The number of unbranched alkanes of at least 4 members (excludes halogenated alkanes) is 6. The average molecular weight is 338 g/mol. The molecule has 4 N–H and O–H groups in total. The molecule has 0 aliphatic carbocycles. The number of carbonyl (C=O) groups excluding carboxylic acids is 1. The number of aromatic nitrogens is 2. The molecule has 24 heavy (non-hydrogen) atoms. The van der Waals surface area contributed by atoms with Crippen LogP contribution in [-0.4, -0.2) is 46.1 Å². The summed E-state index contributed by atoms with van der Waals surface area (Å²) in [5.74, 6) is -1.35. The number of amides is 1. The van der Waals surface area contributed by atoms with E-state index in [1.807, 2.05) is 0 Å². The maximum Gasteiger partial charge on any atom is 0.326 e. The molecular weight excluding hydrogens is 308 g/mol. The van der Waals surface area contributed by atoms with Crippen LogP contribution < -0.4 is 10.6 Å². The van der Waals surface area contributed by atoms with Crippen LogP contribution >= 0.6 is 0 Å². The molecule has 1 heterocycles. The number of aromatic amines is 1. The van der Waals surface area contributed by atoms with Crippen molar-refractivity contribution in [2.75, 3.05) is 13.1 Å². The molecule has 0 aromatic carbocycles. The van der Waals surface area contributed by atoms with Crippen molar-refractivity contribution in [3.63, 3.8) is 0 Å². The SMILES string of the molecule is CCCCCCCCCNCC(=O)N[C@@H](Cc1cnc[nH]1)C(=O)O. The Labute approximate surface area is 143 Å². The summed E-state index contributed by atoms with van der Waals surface area (Å²) in [6, 6.07) is -0.946. The van der Waals surface area contributed by atoms with Crippen LogP contribution in [0.4, 0.5) is 0 Å². The van der Waals surface area contributed by atoms with Gasteiger partial charge in [-0.2, -0.15) is 0 Å². The molecule has 1 aromatic rings. The third-order valence-electron chi connectivity index (χ3n) is 3.85. The van der Waals surface area contributed by atoms with Gasteiger partial charge < -0.3 is 20.7 Å². The van der Waals surface area contributed by atoms with Crippen molar-refractivity contribution in [1.82, 2.24) is 20.6 Å². The number of nitrogens with one attached hydrogen (secondary N) is 3. The second kappa shape index (κ2) is 12.5. The van der Waals surface area contributed by atoms with Crippen molar-refractivity contribution in [3.8, 4) is 0 Å². The highest BCUT2D eigenvalue weighted by molar-refractivity contribution is 5.84. The van der Waals surface area contributed by atoms with Gasteiger partial charge in [-0.05, 0) is 13.0 Å². The van der Waals surface area contributed by atoms with E-state index in [1.165, 1.54) is 38.4 Å². The summed E-state index contributed by atoms with van der Waals surface area (Å²) in [7, 11) is 0. The van der Waals surface area contributed by atoms with Crippen LogP contribution in [0.1, 0.15) is 57.6 Å². The van der Waals surface area contributed by atoms with E-state index in [4.69, 9.17) is 0 Å². The van der Waals surface area contributed by atoms with Gasteiger partial charge in [0.25, 0.3) is 0 Å². The largest absolute Gasteiger partial charge is 0.480 e. The first-order chi connectivity index (χ1) is 11.6. The van der Waals surface area contributed by atoms with Crippen LogP contribution in [0.15, 0.2) is 12.5 Å². The minimum absolute atomic E-state index is 0.141. The third kappa shape index (κ3) is 9.29. The Hall–Kier alpha value is -1.89. The van der Waals surface area contributed by atoms with Gasteiger partial charge >= 0.3 is 5.97 Å². The Kier molecular flexibility index (Phi) is 10.5. The Morgan fingerprint density at radius 2 is 1.92 bits per heavy atom. The number of hydrogen-bond donors (Lipinski definition) is 4. The summed E-state index contributed by atoms with van der Waals surface area (Å²) >= 11 is 0. The summed E-state index contributed by atoms with van der Waals surface area (Å²) in [5, 5.41) is 14.8. The van der Waals surface area contributed by atoms with E-state index < -0.39 is 12.0 Å². The van der Waals surface area contributed by atoms with Gasteiger partial charge in [-0.15, -0.1) is 0 Å². The van der Waals surface area contributed by atoms with E-state index in [2.05, 4.69) is 27.5 Å². The molecule has 0 fully saturated rings. The van der Waals surface area contributed by atoms with Gasteiger partial charge in [-0.3, -0.25) is 4.79 Å². The van der Waals surface area contributed by atoms with Crippen LogP contribution in [0.2, 0.25) is 0 Å². The first-order valence-electron chi connectivity index (χ1n) is 8.83. The van der Waals surface area contributed by atoms with Crippen LogP contribution in [0, 0.1) is 0 Å². The third-order valence-corrected chi connectivity index (χ3v) is 3.85. The van der Waals surface area contributed by atoms with Crippen LogP contribution in [0.25, 0.3) is 0 Å². The predicted octanol–water partition coefficient (Wildman–Crippen LogP) is 1.86. The lowest BCUT2D eigenvalue weighted by Crippen LogP contribution is -2.45. The molecule has 0 unspecified atom stereocenters. The van der Waals surface area contributed by atoms with Gasteiger partial charge in [-0.25, -0.2) is 9.78 Å². The predicted molar refractivity (Wildman–Crippen MR) is 92.7 cm³/mol. The van der Waals surface area contributed by atoms with Crippen molar-refractivity contribution in [1.29, 1.82) is 0 Å². The lowest BCUT2D eigenvalue weighted by molar-refractivity contribution is -0.141. The maximum atomic E-state index is 11.8. The highest BCUT2D eigenvalue weighted by atomic mass is 16.4. The van der Waals surface area contributed by atoms with Crippen molar-refractivity contribution < 1.29 is 14.7 Å². The maximum absolute atomic E-state index is 11.8. The number of aliphatic carboxylic acids is 1. The monoisotopic (exact) mass is 338 g/mol. The molecule has 0 aliphatic rings. The molecule has 1 aromatic heterocycles. The van der Waals surface area contributed by atoms with E-state index in [0.717, 1.165) is 19.4 Å². The molecule has 0 spiro atoms. The van der Waals surface area contributed by atoms with Crippen LogP contribution in [-0.2, 0) is 16.0 Å². The summed E-state index contributed by atoms with van der Waals surface area (Å²) in [5.41, 5.74) is 0.679. The quantitative estimate of drug-likeness (QED) is 0.387. The fourth-order valence-electron chi connectivity index (χ4n) is 2.47. The number of carboxylic acid groups (broad SMARTS) is 1. The molecule has 1 atom stereocenters. The summed E-state index contributed by atoms with van der Waals surface area (Å²) in [4.78, 5) is 29.7. The number of imidazole rings is 1. The molecule has 0 bridgehead atoms. The molecule has 1 rings (SSSR count). The second-order valence-electron chi connectivity index (χ2n) is 6.04. The van der Waals surface area contributed by atoms with E-state index in [9.17, 15) is 14.7 Å². The lowest BCUT2D eigenvalue weighted by Gasteiger charge is -2.14. The number of nitrogens with zero attached hydrogens (tertiary/aromatic N) is 1. The van der Waals surface area contributed by atoms with Crippen molar-refractivity contribution in [2.45, 2.75) is 64.3 Å². The topological polar surface area (TPSA) is 107 Å². The van der Waals surface area contributed by atoms with Gasteiger partial charge in [0.2, 0.25) is 5.91 Å². The Morgan fingerprint density at radius 3 is 2.54 bits per heavy atom. The first kappa shape index (κ1) is 20.2. The summed E-state index contributed by atoms with van der Waals surface area (Å²) in [6.45, 7) is 3.13. The summed E-state index contributed by atoms with van der Waals surface area (Å²) < 4.78 is 0. The molecule has 0 saturated carbocycles. The van der Waals surface area contributed by atoms with E-state index >= 15 is 0 Å². The number of rotatable bonds is 14. The van der Waals surface area contributed by atoms with Gasteiger partial charge in [-0.1, -0.05) is 45.4 Å². The molecule has 1 amide bonds. The van der Waals surface area contributed by atoms with Crippen molar-refractivity contribution in [3.05, 3.63) is 18.2 Å². The van der Waals surface area contributed by atoms with Gasteiger partial charge in [0.15, 0.2) is 0 Å². The smallest absolute Gasteiger partial charge is 0.326 e. The minimum atomic E-state index is -1.05. The number of carbonyl (C=O) groups is 2. The zero-order chi connectivity index (χ0) is 17.6. The first-order valence-corrected chi connectivity index (χ1v) is 8.83. The van der Waals surface area contributed by atoms with Crippen LogP contribution in [0.5, 0.6) is 0 Å². The highest BCUT2D eigenvalue weighted by Crippen LogP contribution is 2.06. The normalized spacial score (nSPS) is 12.0. The van der Waals surface area contributed by atoms with E-state index in [1.54, 1.807) is 6.20 Å². The molecule has 0 radical (unpaired) electrons. The fourth-order valence-corrected chi connectivity index (χ4v) is 2.47. The van der Waals surface area contributed by atoms with E-state index in [0.29, 0.717) is 5.69 Å². The number of hydrogen-bond acceptors (Lipinski definition) is 4. The Morgan fingerprint density at radius 1 is 1.21 bits per heavy atom. The van der Waals surface area contributed by atoms with Gasteiger partial charge in [0.05, 0.1) is 12.9 Å². The Bertz CT molecular complexity index is 462. The van der Waals surface area contributed by atoms with Crippen molar-refractivity contribution >= 4 is 11.9 Å². The standard InChI is InChI=1S/C17H30N4O3/c1-2-3-4-5-6-7-8-9-18-12-16(22)21-15(17(23)24)10-14-11-19-13-20-14/h11,13,15,18H,2-10,12H2,1H3,(H,19,20)(H,21,22)(H,23,24)/t15-/m0/s1. The zero-order valence-corrected chi connectivity index (χ0v) is 14.5. The van der Waals surface area contributed by atoms with Crippen LogP contribution in [0.3, 0.4) is 0 Å². The minimum Gasteiger partial charge on any atom is -0.480 e. The second-order valence-corrected chi connectivity index (χ2v) is 6.04. The molecular formula is C17H30N4O3.